The summed E-state index contributed by atoms with van der Waals surface area (Å²) in [5, 5.41) is 6.57. The van der Waals surface area contributed by atoms with E-state index in [9.17, 15) is 4.79 Å². The van der Waals surface area contributed by atoms with Crippen molar-refractivity contribution in [1.29, 1.82) is 0 Å². The minimum Gasteiger partial charge on any atom is -0.348 e. The van der Waals surface area contributed by atoms with Gasteiger partial charge < -0.3 is 15.6 Å². The average Bonchev–Trinajstić information content (AvgIpc) is 2.92. The molecule has 1 amide bonds. The Hall–Kier alpha value is -0.780. The van der Waals surface area contributed by atoms with E-state index in [4.69, 9.17) is 0 Å². The number of aryl methyl sites for hydroxylation is 1. The first kappa shape index (κ1) is 15.3. The largest absolute Gasteiger partial charge is 0.348 e. The number of carbonyl (C=O) groups excluding carboxylic acids is 1. The number of aromatic amines is 1. The van der Waals surface area contributed by atoms with Gasteiger partial charge in [-0.15, -0.1) is 24.8 Å². The van der Waals surface area contributed by atoms with Gasteiger partial charge in [-0.3, -0.25) is 4.79 Å². The normalized spacial score (nSPS) is 28.4. The van der Waals surface area contributed by atoms with E-state index in [1.165, 1.54) is 12.8 Å². The zero-order chi connectivity index (χ0) is 11.1. The van der Waals surface area contributed by atoms with Gasteiger partial charge in [-0.2, -0.15) is 0 Å². The van der Waals surface area contributed by atoms with Crippen LogP contribution in [0.2, 0.25) is 0 Å². The van der Waals surface area contributed by atoms with Crippen LogP contribution in [0.3, 0.4) is 0 Å². The second-order valence-electron chi connectivity index (χ2n) is 4.74. The molecular formula is C11H18Cl2N4O. The summed E-state index contributed by atoms with van der Waals surface area (Å²) in [7, 11) is 0. The van der Waals surface area contributed by atoms with Gasteiger partial charge in [0.25, 0.3) is 5.91 Å². The molecule has 3 atom stereocenters. The van der Waals surface area contributed by atoms with E-state index in [0.717, 1.165) is 12.1 Å². The Balaban J connectivity index is 0.000000810. The molecule has 2 aliphatic rings. The second-order valence-corrected chi connectivity index (χ2v) is 4.74. The number of amides is 1. The highest BCUT2D eigenvalue weighted by Crippen LogP contribution is 2.28. The fraction of sp³-hybridized carbons (Fsp3) is 0.636. The number of fused-ring (bicyclic) bond motifs is 2. The first-order chi connectivity index (χ1) is 7.74. The predicted molar refractivity (Wildman–Crippen MR) is 73.6 cm³/mol. The summed E-state index contributed by atoms with van der Waals surface area (Å²) in [6, 6.07) is 1.35. The van der Waals surface area contributed by atoms with Crippen molar-refractivity contribution in [3.63, 3.8) is 0 Å². The van der Waals surface area contributed by atoms with Crippen LogP contribution in [0, 0.1) is 6.92 Å². The Labute approximate surface area is 118 Å². The fourth-order valence-electron chi connectivity index (χ4n) is 2.81. The minimum atomic E-state index is -0.0573. The maximum absolute atomic E-state index is 11.9. The molecule has 3 N–H and O–H groups in total. The third kappa shape index (κ3) is 2.63. The predicted octanol–water partition coefficient (Wildman–Crippen LogP) is 1.18. The minimum absolute atomic E-state index is 0. The highest BCUT2D eigenvalue weighted by molar-refractivity contribution is 5.93. The van der Waals surface area contributed by atoms with Gasteiger partial charge in [0, 0.05) is 23.8 Å². The second kappa shape index (κ2) is 5.91. The Kier molecular flexibility index (Phi) is 5.01. The fourth-order valence-corrected chi connectivity index (χ4v) is 2.81. The SMILES string of the molecule is Cc1[nH]cnc1C(=O)N[C@H]1C[C@H]2CC[C@@H]1N2.Cl.Cl. The summed E-state index contributed by atoms with van der Waals surface area (Å²) in [6.45, 7) is 1.86. The Morgan fingerprint density at radius 3 is 2.72 bits per heavy atom. The molecule has 1 aromatic rings. The van der Waals surface area contributed by atoms with E-state index in [1.54, 1.807) is 6.33 Å². The molecule has 0 aromatic carbocycles. The number of H-pyrrole nitrogens is 1. The number of hydrogen-bond acceptors (Lipinski definition) is 3. The summed E-state index contributed by atoms with van der Waals surface area (Å²) in [5.41, 5.74) is 1.34. The number of imidazole rings is 1. The van der Waals surface area contributed by atoms with Crippen molar-refractivity contribution in [3.8, 4) is 0 Å². The van der Waals surface area contributed by atoms with E-state index in [0.29, 0.717) is 17.8 Å². The van der Waals surface area contributed by atoms with Crippen molar-refractivity contribution in [2.24, 2.45) is 0 Å². The third-order valence-corrected chi connectivity index (χ3v) is 3.66. The lowest BCUT2D eigenvalue weighted by Gasteiger charge is -2.21. The van der Waals surface area contributed by atoms with Crippen LogP contribution in [0.25, 0.3) is 0 Å². The molecule has 0 unspecified atom stereocenters. The number of aromatic nitrogens is 2. The molecule has 18 heavy (non-hydrogen) atoms. The monoisotopic (exact) mass is 292 g/mol. The molecule has 3 rings (SSSR count). The van der Waals surface area contributed by atoms with Crippen molar-refractivity contribution in [2.45, 2.75) is 44.3 Å². The zero-order valence-electron chi connectivity index (χ0n) is 10.1. The van der Waals surface area contributed by atoms with Gasteiger partial charge >= 0.3 is 0 Å². The van der Waals surface area contributed by atoms with E-state index >= 15 is 0 Å². The molecular weight excluding hydrogens is 275 g/mol. The van der Waals surface area contributed by atoms with Gasteiger partial charge in [0.1, 0.15) is 5.69 Å². The Morgan fingerprint density at radius 1 is 1.44 bits per heavy atom. The average molecular weight is 293 g/mol. The first-order valence-electron chi connectivity index (χ1n) is 5.81. The Morgan fingerprint density at radius 2 is 2.22 bits per heavy atom. The molecule has 0 radical (unpaired) electrons. The highest BCUT2D eigenvalue weighted by Gasteiger charge is 2.39. The summed E-state index contributed by atoms with van der Waals surface area (Å²) in [6.07, 6.45) is 5.04. The highest BCUT2D eigenvalue weighted by atomic mass is 35.5. The molecule has 102 valence electrons. The van der Waals surface area contributed by atoms with Crippen LogP contribution in [-0.4, -0.2) is 34.0 Å². The number of halogens is 2. The van der Waals surface area contributed by atoms with Gasteiger partial charge in [-0.25, -0.2) is 4.98 Å². The Bertz CT molecular complexity index is 423. The molecule has 2 aliphatic heterocycles. The molecule has 1 aromatic heterocycles. The maximum Gasteiger partial charge on any atom is 0.272 e. The van der Waals surface area contributed by atoms with Crippen LogP contribution in [0.5, 0.6) is 0 Å². The van der Waals surface area contributed by atoms with Gasteiger partial charge in [-0.1, -0.05) is 0 Å². The van der Waals surface area contributed by atoms with Gasteiger partial charge in [-0.05, 0) is 26.2 Å². The zero-order valence-corrected chi connectivity index (χ0v) is 11.7. The molecule has 5 nitrogen and oxygen atoms in total. The maximum atomic E-state index is 11.9. The lowest BCUT2D eigenvalue weighted by atomic mass is 9.95. The summed E-state index contributed by atoms with van der Waals surface area (Å²) in [5.74, 6) is -0.0573. The van der Waals surface area contributed by atoms with E-state index in [-0.39, 0.29) is 36.8 Å². The van der Waals surface area contributed by atoms with E-state index in [2.05, 4.69) is 20.6 Å². The van der Waals surface area contributed by atoms with Crippen LogP contribution in [0.1, 0.15) is 35.4 Å². The van der Waals surface area contributed by atoms with Crippen LogP contribution in [-0.2, 0) is 0 Å². The summed E-state index contributed by atoms with van der Waals surface area (Å²) >= 11 is 0. The van der Waals surface area contributed by atoms with Gasteiger partial charge in [0.2, 0.25) is 0 Å². The van der Waals surface area contributed by atoms with Crippen molar-refractivity contribution >= 4 is 30.7 Å². The number of nitrogens with one attached hydrogen (secondary N) is 3. The quantitative estimate of drug-likeness (QED) is 0.767. The number of nitrogens with zero attached hydrogens (tertiary/aromatic N) is 1. The topological polar surface area (TPSA) is 69.8 Å². The van der Waals surface area contributed by atoms with Crippen LogP contribution < -0.4 is 10.6 Å². The lowest BCUT2D eigenvalue weighted by Crippen LogP contribution is -2.43. The standard InChI is InChI=1S/C11H16N4O.2ClH/c1-6-10(13-5-12-6)11(16)15-9-4-7-2-3-8(9)14-7;;/h5,7-9,14H,2-4H2,1H3,(H,12,13)(H,15,16);2*1H/t7-,8+,9+;;/m1../s1. The van der Waals surface area contributed by atoms with Crippen molar-refractivity contribution in [2.75, 3.05) is 0 Å². The molecule has 2 saturated heterocycles. The van der Waals surface area contributed by atoms with E-state index in [1.807, 2.05) is 6.92 Å². The molecule has 2 bridgehead atoms. The molecule has 3 heterocycles. The molecule has 0 aliphatic carbocycles. The smallest absolute Gasteiger partial charge is 0.272 e. The molecule has 0 saturated carbocycles. The molecule has 7 heteroatoms. The van der Waals surface area contributed by atoms with Crippen LogP contribution in [0.15, 0.2) is 6.33 Å². The molecule has 2 fully saturated rings. The van der Waals surface area contributed by atoms with Gasteiger partial charge in [0.15, 0.2) is 0 Å². The number of hydrogen-bond donors (Lipinski definition) is 3. The number of carbonyl (C=O) groups is 1. The first-order valence-corrected chi connectivity index (χ1v) is 5.81. The van der Waals surface area contributed by atoms with Crippen molar-refractivity contribution < 1.29 is 4.79 Å². The van der Waals surface area contributed by atoms with Crippen molar-refractivity contribution in [1.82, 2.24) is 20.6 Å². The lowest BCUT2D eigenvalue weighted by molar-refractivity contribution is 0.0926. The third-order valence-electron chi connectivity index (χ3n) is 3.66. The van der Waals surface area contributed by atoms with Gasteiger partial charge in [0.05, 0.1) is 6.33 Å². The number of rotatable bonds is 2. The summed E-state index contributed by atoms with van der Waals surface area (Å²) < 4.78 is 0. The van der Waals surface area contributed by atoms with Crippen LogP contribution in [0.4, 0.5) is 0 Å². The molecule has 0 spiro atoms. The van der Waals surface area contributed by atoms with E-state index < -0.39 is 0 Å². The van der Waals surface area contributed by atoms with Crippen LogP contribution >= 0.6 is 24.8 Å². The summed E-state index contributed by atoms with van der Waals surface area (Å²) in [4.78, 5) is 18.9. The van der Waals surface area contributed by atoms with Crippen molar-refractivity contribution in [3.05, 3.63) is 17.7 Å².